The van der Waals surface area contributed by atoms with Gasteiger partial charge in [-0.1, -0.05) is 6.58 Å². The van der Waals surface area contributed by atoms with Crippen molar-refractivity contribution >= 4 is 28.2 Å². The second kappa shape index (κ2) is 4.22. The van der Waals surface area contributed by atoms with Crippen molar-refractivity contribution in [3.05, 3.63) is 28.0 Å². The molecule has 0 fully saturated rings. The largest absolute Gasteiger partial charge is 0.390 e. The van der Waals surface area contributed by atoms with Crippen LogP contribution in [0.5, 0.6) is 0 Å². The van der Waals surface area contributed by atoms with Crippen molar-refractivity contribution in [1.82, 2.24) is 9.97 Å². The molecule has 0 spiro atoms. The maximum Gasteiger partial charge on any atom is 0.143 e. The van der Waals surface area contributed by atoms with E-state index in [2.05, 4.69) is 16.5 Å². The van der Waals surface area contributed by atoms with E-state index in [0.717, 1.165) is 21.3 Å². The molecular formula is C10H10N2OS2. The minimum atomic E-state index is -0.0199. The van der Waals surface area contributed by atoms with Crippen LogP contribution in [0.25, 0.3) is 16.3 Å². The molecule has 0 aliphatic rings. The van der Waals surface area contributed by atoms with Crippen LogP contribution in [0.4, 0.5) is 0 Å². The molecule has 0 saturated heterocycles. The first-order valence-electron chi connectivity index (χ1n) is 4.37. The summed E-state index contributed by atoms with van der Waals surface area (Å²) in [5, 5.41) is 14.5. The van der Waals surface area contributed by atoms with Crippen LogP contribution < -0.4 is 0 Å². The van der Waals surface area contributed by atoms with E-state index in [0.29, 0.717) is 5.69 Å². The van der Waals surface area contributed by atoms with Gasteiger partial charge in [-0.05, 0) is 12.5 Å². The number of hydrogen-bond donors (Lipinski definition) is 1. The summed E-state index contributed by atoms with van der Waals surface area (Å²) >= 11 is 3.06. The zero-order chi connectivity index (χ0) is 10.8. The van der Waals surface area contributed by atoms with Crippen LogP contribution in [0.15, 0.2) is 17.3 Å². The van der Waals surface area contributed by atoms with Gasteiger partial charge in [-0.25, -0.2) is 9.97 Å². The van der Waals surface area contributed by atoms with Crippen LogP contribution in [0.2, 0.25) is 0 Å². The first-order chi connectivity index (χ1) is 7.20. The summed E-state index contributed by atoms with van der Waals surface area (Å²) in [6.07, 6.45) is 0. The van der Waals surface area contributed by atoms with E-state index in [9.17, 15) is 0 Å². The van der Waals surface area contributed by atoms with Gasteiger partial charge in [-0.2, -0.15) is 0 Å². The van der Waals surface area contributed by atoms with Gasteiger partial charge in [0.2, 0.25) is 0 Å². The molecule has 0 saturated carbocycles. The fraction of sp³-hybridized carbons (Fsp3) is 0.200. The van der Waals surface area contributed by atoms with Gasteiger partial charge in [0.05, 0.1) is 12.3 Å². The minimum absolute atomic E-state index is 0.0199. The Morgan fingerprint density at radius 3 is 2.73 bits per heavy atom. The highest BCUT2D eigenvalue weighted by Crippen LogP contribution is 2.27. The molecule has 0 aliphatic carbocycles. The highest BCUT2D eigenvalue weighted by molar-refractivity contribution is 7.14. The third-order valence-corrected chi connectivity index (χ3v) is 3.72. The van der Waals surface area contributed by atoms with Gasteiger partial charge in [0.1, 0.15) is 15.7 Å². The van der Waals surface area contributed by atoms with Crippen LogP contribution in [-0.4, -0.2) is 15.1 Å². The lowest BCUT2D eigenvalue weighted by Gasteiger charge is -1.89. The number of aromatic nitrogens is 2. The molecule has 2 heterocycles. The van der Waals surface area contributed by atoms with Gasteiger partial charge >= 0.3 is 0 Å². The lowest BCUT2D eigenvalue weighted by Crippen LogP contribution is -1.83. The average molecular weight is 238 g/mol. The Kier molecular flexibility index (Phi) is 2.95. The monoisotopic (exact) mass is 238 g/mol. The van der Waals surface area contributed by atoms with Crippen molar-refractivity contribution in [2.75, 3.05) is 0 Å². The lowest BCUT2D eigenvalue weighted by molar-refractivity contribution is 0.278. The Bertz CT molecular complexity index is 487. The van der Waals surface area contributed by atoms with Crippen LogP contribution in [0.3, 0.4) is 0 Å². The first kappa shape index (κ1) is 10.5. The maximum atomic E-state index is 8.90. The zero-order valence-electron chi connectivity index (χ0n) is 8.23. The van der Waals surface area contributed by atoms with Crippen molar-refractivity contribution in [1.29, 1.82) is 0 Å². The van der Waals surface area contributed by atoms with Gasteiger partial charge in [0.15, 0.2) is 0 Å². The molecular weight excluding hydrogens is 228 g/mol. The second-order valence-electron chi connectivity index (χ2n) is 3.12. The number of allylic oxidation sites excluding steroid dienone is 1. The molecule has 2 aromatic rings. The van der Waals surface area contributed by atoms with Gasteiger partial charge in [-0.3, -0.25) is 0 Å². The summed E-state index contributed by atoms with van der Waals surface area (Å²) in [6, 6.07) is 0. The fourth-order valence-electron chi connectivity index (χ4n) is 1.07. The van der Waals surface area contributed by atoms with Crippen molar-refractivity contribution in [3.8, 4) is 10.7 Å². The fourth-order valence-corrected chi connectivity index (χ4v) is 2.65. The van der Waals surface area contributed by atoms with E-state index in [1.807, 2.05) is 17.7 Å². The Labute approximate surface area is 95.8 Å². The van der Waals surface area contributed by atoms with E-state index in [4.69, 9.17) is 5.11 Å². The predicted molar refractivity (Wildman–Crippen MR) is 63.9 cm³/mol. The molecule has 78 valence electrons. The quantitative estimate of drug-likeness (QED) is 0.894. The number of aliphatic hydroxyl groups excluding tert-OH is 1. The first-order valence-corrected chi connectivity index (χ1v) is 6.13. The van der Waals surface area contributed by atoms with Crippen molar-refractivity contribution in [3.63, 3.8) is 0 Å². The Morgan fingerprint density at radius 2 is 2.20 bits per heavy atom. The average Bonchev–Trinajstić information content (AvgIpc) is 2.86. The third-order valence-electron chi connectivity index (χ3n) is 1.80. The van der Waals surface area contributed by atoms with Crippen molar-refractivity contribution in [2.24, 2.45) is 0 Å². The summed E-state index contributed by atoms with van der Waals surface area (Å²) in [6.45, 7) is 5.76. The van der Waals surface area contributed by atoms with Gasteiger partial charge < -0.3 is 5.11 Å². The molecule has 0 unspecified atom stereocenters. The molecule has 0 aliphatic heterocycles. The van der Waals surface area contributed by atoms with Gasteiger partial charge in [0.25, 0.3) is 0 Å². The molecule has 2 rings (SSSR count). The van der Waals surface area contributed by atoms with Crippen LogP contribution in [0.1, 0.15) is 17.6 Å². The van der Waals surface area contributed by atoms with E-state index in [-0.39, 0.29) is 6.61 Å². The molecule has 5 heteroatoms. The van der Waals surface area contributed by atoms with Gasteiger partial charge in [0, 0.05) is 10.8 Å². The summed E-state index contributed by atoms with van der Waals surface area (Å²) in [4.78, 5) is 8.67. The number of rotatable bonds is 3. The number of hydrogen-bond acceptors (Lipinski definition) is 5. The second-order valence-corrected chi connectivity index (χ2v) is 4.84. The molecule has 0 bridgehead atoms. The molecule has 1 N–H and O–H groups in total. The highest BCUT2D eigenvalue weighted by Gasteiger charge is 2.08. The molecule has 3 nitrogen and oxygen atoms in total. The van der Waals surface area contributed by atoms with Crippen LogP contribution in [0, 0.1) is 0 Å². The summed E-state index contributed by atoms with van der Waals surface area (Å²) in [5.74, 6) is 0. The molecule has 15 heavy (non-hydrogen) atoms. The highest BCUT2D eigenvalue weighted by atomic mass is 32.1. The smallest absolute Gasteiger partial charge is 0.143 e. The molecule has 0 amide bonds. The van der Waals surface area contributed by atoms with Crippen LogP contribution >= 0.6 is 22.7 Å². The summed E-state index contributed by atoms with van der Waals surface area (Å²) in [5.41, 5.74) is 2.52. The Morgan fingerprint density at radius 1 is 1.40 bits per heavy atom. The summed E-state index contributed by atoms with van der Waals surface area (Å²) < 4.78 is 0. The normalized spacial score (nSPS) is 10.5. The Balaban J connectivity index is 2.32. The van der Waals surface area contributed by atoms with Gasteiger partial charge in [-0.15, -0.1) is 22.7 Å². The molecule has 0 atom stereocenters. The standard InChI is InChI=1S/C10H10N2OS2/c1-6(2)9-12-8(5-15-9)10-11-7(3-13)4-14-10/h4-5,13H,1,3H2,2H3. The molecule has 0 aromatic carbocycles. The van der Waals surface area contributed by atoms with E-state index in [1.165, 1.54) is 11.3 Å². The Hall–Kier alpha value is -1.04. The zero-order valence-corrected chi connectivity index (χ0v) is 9.86. The molecule has 0 radical (unpaired) electrons. The van der Waals surface area contributed by atoms with E-state index < -0.39 is 0 Å². The topological polar surface area (TPSA) is 46.0 Å². The maximum absolute atomic E-state index is 8.90. The molecule has 2 aromatic heterocycles. The van der Waals surface area contributed by atoms with E-state index in [1.54, 1.807) is 11.3 Å². The van der Waals surface area contributed by atoms with Crippen LogP contribution in [-0.2, 0) is 6.61 Å². The van der Waals surface area contributed by atoms with Crippen molar-refractivity contribution in [2.45, 2.75) is 13.5 Å². The lowest BCUT2D eigenvalue weighted by atomic mass is 10.4. The number of aliphatic hydroxyl groups is 1. The number of nitrogens with zero attached hydrogens (tertiary/aromatic N) is 2. The van der Waals surface area contributed by atoms with Crippen molar-refractivity contribution < 1.29 is 5.11 Å². The van der Waals surface area contributed by atoms with E-state index >= 15 is 0 Å². The third kappa shape index (κ3) is 2.14. The number of thiazole rings is 2. The summed E-state index contributed by atoms with van der Waals surface area (Å²) in [7, 11) is 0. The minimum Gasteiger partial charge on any atom is -0.390 e. The predicted octanol–water partition coefficient (Wildman–Crippen LogP) is 2.79. The SMILES string of the molecule is C=C(C)c1nc(-c2nc(CO)cs2)cs1.